The second kappa shape index (κ2) is 7.81. The molecule has 6 heteroatoms. The number of piperidine rings is 1. The lowest BCUT2D eigenvalue weighted by Gasteiger charge is -2.37. The topological polar surface area (TPSA) is 70.1 Å². The summed E-state index contributed by atoms with van der Waals surface area (Å²) < 4.78 is 5.34. The third kappa shape index (κ3) is 4.87. The normalized spacial score (nSPS) is 23.2. The van der Waals surface area contributed by atoms with Crippen LogP contribution in [-0.4, -0.2) is 64.3 Å². The maximum Gasteiger partial charge on any atom is 0.410 e. The van der Waals surface area contributed by atoms with Crippen molar-refractivity contribution in [3.8, 4) is 0 Å². The Balaban J connectivity index is 0.00000116. The number of aliphatic hydroxyl groups excluding tert-OH is 1. The molecule has 2 rings (SSSR count). The van der Waals surface area contributed by atoms with E-state index >= 15 is 0 Å². The average molecular weight is 314 g/mol. The quantitative estimate of drug-likeness (QED) is 0.804. The smallest absolute Gasteiger partial charge is 0.410 e. The zero-order valence-electron chi connectivity index (χ0n) is 14.5. The van der Waals surface area contributed by atoms with E-state index < -0.39 is 11.7 Å². The van der Waals surface area contributed by atoms with E-state index in [0.29, 0.717) is 26.1 Å². The molecule has 0 radical (unpaired) electrons. The van der Waals surface area contributed by atoms with Crippen LogP contribution in [0.4, 0.5) is 4.79 Å². The predicted molar refractivity (Wildman–Crippen MR) is 84.5 cm³/mol. The summed E-state index contributed by atoms with van der Waals surface area (Å²) in [5.74, 6) is -0.166. The van der Waals surface area contributed by atoms with Crippen molar-refractivity contribution in [2.24, 2.45) is 0 Å². The second-order valence-corrected chi connectivity index (χ2v) is 6.53. The fourth-order valence-corrected chi connectivity index (χ4v) is 2.74. The molecule has 2 saturated heterocycles. The third-order valence-corrected chi connectivity index (χ3v) is 3.77. The SMILES string of the molecule is CC.CC(C)(C)OC(=O)N1CCC(N2CCC(O)C2=O)CC1. The molecule has 1 unspecified atom stereocenters. The molecule has 0 bridgehead atoms. The van der Waals surface area contributed by atoms with E-state index in [-0.39, 0.29) is 18.0 Å². The van der Waals surface area contributed by atoms with Crippen LogP contribution in [0.25, 0.3) is 0 Å². The third-order valence-electron chi connectivity index (χ3n) is 3.77. The van der Waals surface area contributed by atoms with Crippen LogP contribution in [0.3, 0.4) is 0 Å². The van der Waals surface area contributed by atoms with E-state index in [2.05, 4.69) is 0 Å². The van der Waals surface area contributed by atoms with Crippen LogP contribution in [0.2, 0.25) is 0 Å². The molecule has 2 aliphatic rings. The largest absolute Gasteiger partial charge is 0.444 e. The van der Waals surface area contributed by atoms with Gasteiger partial charge in [-0.25, -0.2) is 4.79 Å². The standard InChI is InChI=1S/C14H24N2O4.C2H6/c1-14(2,3)20-13(19)15-7-4-10(5-8-15)16-9-6-11(17)12(16)18;1-2/h10-11,17H,4-9H2,1-3H3;1-2H3. The monoisotopic (exact) mass is 314 g/mol. The summed E-state index contributed by atoms with van der Waals surface area (Å²) in [6.07, 6.45) is 0.892. The van der Waals surface area contributed by atoms with Gasteiger partial charge in [-0.05, 0) is 40.0 Å². The highest BCUT2D eigenvalue weighted by Gasteiger charge is 2.37. The van der Waals surface area contributed by atoms with Gasteiger partial charge in [-0.1, -0.05) is 13.8 Å². The Morgan fingerprint density at radius 1 is 1.14 bits per heavy atom. The number of likely N-dealkylation sites (tertiary alicyclic amines) is 2. The van der Waals surface area contributed by atoms with Gasteiger partial charge in [-0.3, -0.25) is 4.79 Å². The molecule has 0 aliphatic carbocycles. The number of hydrogen-bond acceptors (Lipinski definition) is 4. The Morgan fingerprint density at radius 3 is 2.09 bits per heavy atom. The van der Waals surface area contributed by atoms with E-state index in [4.69, 9.17) is 4.74 Å². The van der Waals surface area contributed by atoms with Crippen LogP contribution < -0.4 is 0 Å². The van der Waals surface area contributed by atoms with Crippen LogP contribution in [0, 0.1) is 0 Å². The zero-order valence-corrected chi connectivity index (χ0v) is 14.5. The maximum atomic E-state index is 11.9. The molecule has 2 aliphatic heterocycles. The first-order chi connectivity index (χ1) is 10.3. The fraction of sp³-hybridized carbons (Fsp3) is 0.875. The summed E-state index contributed by atoms with van der Waals surface area (Å²) in [4.78, 5) is 27.2. The number of carbonyl (C=O) groups is 2. The first-order valence-electron chi connectivity index (χ1n) is 8.24. The molecule has 0 aromatic carbocycles. The molecule has 128 valence electrons. The van der Waals surface area contributed by atoms with Crippen molar-refractivity contribution in [2.75, 3.05) is 19.6 Å². The molecular formula is C16H30N2O4. The summed E-state index contributed by atoms with van der Waals surface area (Å²) in [6, 6.07) is 0.137. The Kier molecular flexibility index (Phi) is 6.66. The Morgan fingerprint density at radius 2 is 1.68 bits per heavy atom. The lowest BCUT2D eigenvalue weighted by atomic mass is 10.0. The molecule has 22 heavy (non-hydrogen) atoms. The number of ether oxygens (including phenoxy) is 1. The minimum atomic E-state index is -0.834. The van der Waals surface area contributed by atoms with Gasteiger partial charge >= 0.3 is 6.09 Å². The second-order valence-electron chi connectivity index (χ2n) is 6.53. The molecular weight excluding hydrogens is 284 g/mol. The molecule has 0 aromatic heterocycles. The molecule has 2 heterocycles. The van der Waals surface area contributed by atoms with Crippen LogP contribution in [-0.2, 0) is 9.53 Å². The van der Waals surface area contributed by atoms with Crippen molar-refractivity contribution in [2.45, 2.75) is 71.6 Å². The molecule has 1 N–H and O–H groups in total. The fourth-order valence-electron chi connectivity index (χ4n) is 2.74. The zero-order chi connectivity index (χ0) is 16.9. The van der Waals surface area contributed by atoms with Gasteiger partial charge < -0.3 is 19.6 Å². The summed E-state index contributed by atoms with van der Waals surface area (Å²) >= 11 is 0. The molecule has 1 atom stereocenters. The van der Waals surface area contributed by atoms with E-state index in [1.165, 1.54) is 0 Å². The van der Waals surface area contributed by atoms with Gasteiger partial charge in [0.25, 0.3) is 5.91 Å². The highest BCUT2D eigenvalue weighted by molar-refractivity contribution is 5.83. The molecule has 0 aromatic rings. The molecule has 6 nitrogen and oxygen atoms in total. The number of rotatable bonds is 1. The summed E-state index contributed by atoms with van der Waals surface area (Å²) in [6.45, 7) is 11.4. The van der Waals surface area contributed by atoms with Crippen LogP contribution >= 0.6 is 0 Å². The number of nitrogens with zero attached hydrogens (tertiary/aromatic N) is 2. The Bertz CT molecular complexity index is 384. The number of hydrogen-bond donors (Lipinski definition) is 1. The van der Waals surface area contributed by atoms with Crippen molar-refractivity contribution < 1.29 is 19.4 Å². The lowest BCUT2D eigenvalue weighted by molar-refractivity contribution is -0.137. The van der Waals surface area contributed by atoms with Crippen LogP contribution in [0.5, 0.6) is 0 Å². The van der Waals surface area contributed by atoms with Crippen molar-refractivity contribution in [3.63, 3.8) is 0 Å². The Labute approximate surface area is 133 Å². The van der Waals surface area contributed by atoms with Gasteiger partial charge in [-0.2, -0.15) is 0 Å². The van der Waals surface area contributed by atoms with Crippen molar-refractivity contribution in [1.29, 1.82) is 0 Å². The summed E-state index contributed by atoms with van der Waals surface area (Å²) in [7, 11) is 0. The molecule has 2 fully saturated rings. The van der Waals surface area contributed by atoms with Gasteiger partial charge in [0.2, 0.25) is 0 Å². The Hall–Kier alpha value is -1.30. The predicted octanol–water partition coefficient (Wildman–Crippen LogP) is 2.01. The van der Waals surface area contributed by atoms with Gasteiger partial charge in [0.15, 0.2) is 0 Å². The average Bonchev–Trinajstić information content (AvgIpc) is 2.80. The number of carbonyl (C=O) groups excluding carboxylic acids is 2. The first-order valence-corrected chi connectivity index (χ1v) is 8.24. The van der Waals surface area contributed by atoms with Crippen molar-refractivity contribution in [3.05, 3.63) is 0 Å². The lowest BCUT2D eigenvalue weighted by Crippen LogP contribution is -2.48. The highest BCUT2D eigenvalue weighted by Crippen LogP contribution is 2.23. The van der Waals surface area contributed by atoms with Gasteiger partial charge in [-0.15, -0.1) is 0 Å². The first kappa shape index (κ1) is 18.7. The maximum absolute atomic E-state index is 11.9. The highest BCUT2D eigenvalue weighted by atomic mass is 16.6. The summed E-state index contributed by atoms with van der Waals surface area (Å²) in [5.41, 5.74) is -0.483. The van der Waals surface area contributed by atoms with Crippen molar-refractivity contribution >= 4 is 12.0 Å². The number of aliphatic hydroxyl groups is 1. The molecule has 0 saturated carbocycles. The van der Waals surface area contributed by atoms with Gasteiger partial charge in [0.1, 0.15) is 11.7 Å². The van der Waals surface area contributed by atoms with Gasteiger partial charge in [0, 0.05) is 25.7 Å². The van der Waals surface area contributed by atoms with Gasteiger partial charge in [0.05, 0.1) is 0 Å². The van der Waals surface area contributed by atoms with Crippen LogP contribution in [0.15, 0.2) is 0 Å². The summed E-state index contributed by atoms with van der Waals surface area (Å²) in [5, 5.41) is 9.49. The van der Waals surface area contributed by atoms with E-state index in [1.807, 2.05) is 34.6 Å². The van der Waals surface area contributed by atoms with E-state index in [9.17, 15) is 14.7 Å². The van der Waals surface area contributed by atoms with E-state index in [1.54, 1.807) is 9.80 Å². The number of amides is 2. The van der Waals surface area contributed by atoms with Crippen LogP contribution in [0.1, 0.15) is 53.9 Å². The minimum Gasteiger partial charge on any atom is -0.444 e. The van der Waals surface area contributed by atoms with E-state index in [0.717, 1.165) is 12.8 Å². The molecule has 0 spiro atoms. The minimum absolute atomic E-state index is 0.137. The molecule has 2 amide bonds. The van der Waals surface area contributed by atoms with Crippen molar-refractivity contribution in [1.82, 2.24) is 9.80 Å².